The molecule has 7 heteroatoms. The third-order valence-electron chi connectivity index (χ3n) is 5.17. The lowest BCUT2D eigenvalue weighted by Crippen LogP contribution is -2.22. The van der Waals surface area contributed by atoms with Crippen molar-refractivity contribution < 1.29 is 4.79 Å². The smallest absolute Gasteiger partial charge is 0.263 e. The van der Waals surface area contributed by atoms with E-state index in [1.807, 2.05) is 54.6 Å². The molecule has 2 heterocycles. The van der Waals surface area contributed by atoms with Gasteiger partial charge in [-0.05, 0) is 23.1 Å². The number of nitrogen functional groups attached to an aromatic ring is 2. The van der Waals surface area contributed by atoms with Crippen molar-refractivity contribution in [2.45, 2.75) is 19.9 Å². The first-order valence-corrected chi connectivity index (χ1v) is 10.7. The number of nitrogens with two attached hydrogens (primary N) is 2. The molecule has 2 aromatic heterocycles. The molecule has 2 aromatic carbocycles. The van der Waals surface area contributed by atoms with Gasteiger partial charge in [-0.2, -0.15) is 5.26 Å². The summed E-state index contributed by atoms with van der Waals surface area (Å²) in [7, 11) is 0. The molecule has 0 radical (unpaired) electrons. The van der Waals surface area contributed by atoms with Crippen LogP contribution in [0.1, 0.15) is 33.3 Å². The minimum absolute atomic E-state index is 0.127. The largest absolute Gasteiger partial charge is 0.397 e. The van der Waals surface area contributed by atoms with Crippen LogP contribution < -0.4 is 16.8 Å². The average molecular weight is 428 g/mol. The molecule has 0 atom stereocenters. The fourth-order valence-electron chi connectivity index (χ4n) is 3.51. The van der Waals surface area contributed by atoms with Gasteiger partial charge in [0.2, 0.25) is 0 Å². The van der Waals surface area contributed by atoms with Crippen LogP contribution in [-0.2, 0) is 13.0 Å². The molecule has 0 bridgehead atoms. The highest BCUT2D eigenvalue weighted by Gasteiger charge is 2.24. The number of nitrogens with zero attached hydrogens (tertiary/aromatic N) is 2. The van der Waals surface area contributed by atoms with Crippen molar-refractivity contribution in [2.75, 3.05) is 11.5 Å². The molecule has 0 spiro atoms. The van der Waals surface area contributed by atoms with Crippen LogP contribution in [0.3, 0.4) is 0 Å². The lowest BCUT2D eigenvalue weighted by molar-refractivity contribution is 0.0956. The van der Waals surface area contributed by atoms with Crippen molar-refractivity contribution >= 4 is 39.0 Å². The van der Waals surface area contributed by atoms with E-state index in [0.29, 0.717) is 32.9 Å². The maximum atomic E-state index is 12.9. The fourth-order valence-corrected chi connectivity index (χ4v) is 4.53. The molecule has 0 unspecified atom stereocenters. The predicted molar refractivity (Wildman–Crippen MR) is 126 cm³/mol. The number of aryl methyl sites for hydroxylation is 1. The molecule has 5 N–H and O–H groups in total. The second kappa shape index (κ2) is 8.46. The molecular weight excluding hydrogens is 406 g/mol. The van der Waals surface area contributed by atoms with Crippen LogP contribution in [0.5, 0.6) is 0 Å². The fraction of sp³-hybridized carbons (Fsp3) is 0.125. The maximum Gasteiger partial charge on any atom is 0.263 e. The van der Waals surface area contributed by atoms with Crippen LogP contribution in [0.4, 0.5) is 11.5 Å². The normalized spacial score (nSPS) is 10.7. The summed E-state index contributed by atoms with van der Waals surface area (Å²) < 4.78 is 0. The Bertz CT molecular complexity index is 1300. The first kappa shape index (κ1) is 20.4. The molecule has 0 aliphatic heterocycles. The zero-order valence-electron chi connectivity index (χ0n) is 17.0. The molecule has 4 rings (SSSR count). The quantitative estimate of drug-likeness (QED) is 0.434. The van der Waals surface area contributed by atoms with Gasteiger partial charge >= 0.3 is 0 Å². The lowest BCUT2D eigenvalue weighted by Gasteiger charge is -2.10. The van der Waals surface area contributed by atoms with Crippen molar-refractivity contribution in [2.24, 2.45) is 0 Å². The van der Waals surface area contributed by atoms with Gasteiger partial charge in [0, 0.05) is 17.5 Å². The number of hydrogen-bond donors (Lipinski definition) is 3. The molecule has 31 heavy (non-hydrogen) atoms. The number of nitriles is 1. The Morgan fingerprint density at radius 1 is 1.10 bits per heavy atom. The number of pyridine rings is 1. The van der Waals surface area contributed by atoms with Crippen molar-refractivity contribution in [1.82, 2.24) is 10.3 Å². The second-order valence-electron chi connectivity index (χ2n) is 7.10. The summed E-state index contributed by atoms with van der Waals surface area (Å²) in [6, 6.07) is 19.7. The molecule has 4 aromatic rings. The van der Waals surface area contributed by atoms with Gasteiger partial charge < -0.3 is 16.8 Å². The Hall–Kier alpha value is -3.89. The van der Waals surface area contributed by atoms with Gasteiger partial charge in [0.15, 0.2) is 0 Å². The number of benzene rings is 2. The van der Waals surface area contributed by atoms with E-state index in [9.17, 15) is 10.1 Å². The predicted octanol–water partition coefficient (Wildman–Crippen LogP) is 4.49. The number of rotatable bonds is 5. The third kappa shape index (κ3) is 3.81. The first-order chi connectivity index (χ1) is 15.0. The highest BCUT2D eigenvalue weighted by molar-refractivity contribution is 7.21. The van der Waals surface area contributed by atoms with Gasteiger partial charge in [-0.15, -0.1) is 11.3 Å². The van der Waals surface area contributed by atoms with Crippen molar-refractivity contribution in [1.29, 1.82) is 5.26 Å². The number of hydrogen-bond acceptors (Lipinski definition) is 6. The van der Waals surface area contributed by atoms with Crippen LogP contribution in [0.25, 0.3) is 21.3 Å². The Labute approximate surface area is 184 Å². The summed E-state index contributed by atoms with van der Waals surface area (Å²) in [5, 5.41) is 13.2. The molecule has 0 fully saturated rings. The minimum Gasteiger partial charge on any atom is -0.397 e. The van der Waals surface area contributed by atoms with Gasteiger partial charge in [0.25, 0.3) is 5.91 Å². The number of carbonyl (C=O) groups is 1. The molecule has 6 nitrogen and oxygen atoms in total. The van der Waals surface area contributed by atoms with E-state index >= 15 is 0 Å². The van der Waals surface area contributed by atoms with E-state index in [1.54, 1.807) is 0 Å². The maximum absolute atomic E-state index is 12.9. The van der Waals surface area contributed by atoms with Crippen molar-refractivity contribution in [3.8, 4) is 17.2 Å². The number of thiophene rings is 1. The SMILES string of the molecule is CCc1ccc(-c2c(C#N)c(N)nc3sc(C(=O)NCc4ccccc4)c(N)c23)cc1. The highest BCUT2D eigenvalue weighted by atomic mass is 32.1. The summed E-state index contributed by atoms with van der Waals surface area (Å²) in [5.41, 5.74) is 16.7. The third-order valence-corrected chi connectivity index (χ3v) is 6.27. The number of anilines is 2. The van der Waals surface area contributed by atoms with Crippen molar-refractivity contribution in [3.63, 3.8) is 0 Å². The van der Waals surface area contributed by atoms with E-state index in [2.05, 4.69) is 23.3 Å². The highest BCUT2D eigenvalue weighted by Crippen LogP contribution is 2.42. The Morgan fingerprint density at radius 3 is 2.45 bits per heavy atom. The van der Waals surface area contributed by atoms with Crippen LogP contribution in [0.15, 0.2) is 54.6 Å². The lowest BCUT2D eigenvalue weighted by atomic mass is 9.96. The Kier molecular flexibility index (Phi) is 5.56. The van der Waals surface area contributed by atoms with Gasteiger partial charge in [-0.1, -0.05) is 61.5 Å². The van der Waals surface area contributed by atoms with Gasteiger partial charge in [0.1, 0.15) is 27.2 Å². The number of amides is 1. The summed E-state index contributed by atoms with van der Waals surface area (Å²) in [4.78, 5) is 18.1. The molecule has 154 valence electrons. The topological polar surface area (TPSA) is 118 Å². The molecule has 0 saturated heterocycles. The summed E-state index contributed by atoms with van der Waals surface area (Å²) in [6.07, 6.45) is 0.908. The Morgan fingerprint density at radius 2 is 1.81 bits per heavy atom. The van der Waals surface area contributed by atoms with Crippen LogP contribution in [-0.4, -0.2) is 10.9 Å². The van der Waals surface area contributed by atoms with E-state index < -0.39 is 0 Å². The molecule has 1 amide bonds. The summed E-state index contributed by atoms with van der Waals surface area (Å²) in [6.45, 7) is 2.47. The zero-order chi connectivity index (χ0) is 22.0. The van der Waals surface area contributed by atoms with Gasteiger partial charge in [0.05, 0.1) is 5.69 Å². The average Bonchev–Trinajstić information content (AvgIpc) is 3.13. The number of nitrogens with one attached hydrogen (secondary N) is 1. The standard InChI is InChI=1S/C24H21N5OS/c1-2-14-8-10-16(11-9-14)18-17(12-25)22(27)29-24-19(18)20(26)21(31-24)23(30)28-13-15-6-4-3-5-7-15/h3-11H,2,13,26H2,1H3,(H2,27,29)(H,28,30). The van der Waals surface area contributed by atoms with E-state index in [1.165, 1.54) is 16.9 Å². The van der Waals surface area contributed by atoms with E-state index in [0.717, 1.165) is 17.5 Å². The molecular formula is C24H21N5OS. The second-order valence-corrected chi connectivity index (χ2v) is 8.10. The zero-order valence-corrected chi connectivity index (χ0v) is 17.8. The number of aromatic nitrogens is 1. The molecule has 0 aliphatic rings. The summed E-state index contributed by atoms with van der Waals surface area (Å²) >= 11 is 1.18. The summed E-state index contributed by atoms with van der Waals surface area (Å²) in [5.74, 6) is -0.157. The minimum atomic E-state index is -0.284. The van der Waals surface area contributed by atoms with Crippen molar-refractivity contribution in [3.05, 3.63) is 76.2 Å². The first-order valence-electron chi connectivity index (χ1n) is 9.86. The van der Waals surface area contributed by atoms with Gasteiger partial charge in [-0.25, -0.2) is 4.98 Å². The van der Waals surface area contributed by atoms with E-state index in [4.69, 9.17) is 11.5 Å². The van der Waals surface area contributed by atoms with E-state index in [-0.39, 0.29) is 17.3 Å². The van der Waals surface area contributed by atoms with Gasteiger partial charge in [-0.3, -0.25) is 4.79 Å². The van der Waals surface area contributed by atoms with Crippen LogP contribution in [0.2, 0.25) is 0 Å². The van der Waals surface area contributed by atoms with Crippen LogP contribution >= 0.6 is 11.3 Å². The molecule has 0 saturated carbocycles. The monoisotopic (exact) mass is 427 g/mol. The number of carbonyl (C=O) groups excluding carboxylic acids is 1. The number of fused-ring (bicyclic) bond motifs is 1. The Balaban J connectivity index is 1.81. The van der Waals surface area contributed by atoms with Crippen LogP contribution in [0, 0.1) is 11.3 Å². The molecule has 0 aliphatic carbocycles.